The van der Waals surface area contributed by atoms with Crippen molar-refractivity contribution in [2.45, 2.75) is 6.42 Å². The van der Waals surface area contributed by atoms with Gasteiger partial charge in [-0.05, 0) is 23.8 Å². The van der Waals surface area contributed by atoms with E-state index in [1.54, 1.807) is 12.3 Å². The minimum Gasteiger partial charge on any atom is -0.457 e. The molecule has 0 fully saturated rings. The number of anilines is 1. The molecule has 0 aliphatic carbocycles. The smallest absolute Gasteiger partial charge is 0.250 e. The Hall–Kier alpha value is -3.18. The van der Waals surface area contributed by atoms with E-state index >= 15 is 0 Å². The van der Waals surface area contributed by atoms with Gasteiger partial charge in [-0.15, -0.1) is 11.3 Å². The molecule has 0 unspecified atom stereocenters. The normalized spacial score (nSPS) is 11.2. The van der Waals surface area contributed by atoms with Crippen LogP contribution in [0.5, 0.6) is 0 Å². The molecule has 1 amide bonds. The predicted molar refractivity (Wildman–Crippen MR) is 105 cm³/mol. The second-order valence-electron chi connectivity index (χ2n) is 5.80. The Morgan fingerprint density at radius 1 is 1.12 bits per heavy atom. The number of hydrogen-bond donors (Lipinski definition) is 1. The van der Waals surface area contributed by atoms with Gasteiger partial charge in [-0.3, -0.25) is 10.1 Å². The number of thiazole rings is 1. The Bertz CT molecular complexity index is 1030. The lowest BCUT2D eigenvalue weighted by Gasteiger charge is -1.97. The van der Waals surface area contributed by atoms with Gasteiger partial charge in [0.05, 0.1) is 0 Å². The van der Waals surface area contributed by atoms with Crippen LogP contribution < -0.4 is 5.32 Å². The van der Waals surface area contributed by atoms with Crippen LogP contribution in [0.25, 0.3) is 17.0 Å². The topological polar surface area (TPSA) is 55.1 Å². The van der Waals surface area contributed by atoms with Gasteiger partial charge in [0.2, 0.25) is 5.91 Å². The van der Waals surface area contributed by atoms with Gasteiger partial charge in [-0.25, -0.2) is 4.98 Å². The average molecular weight is 360 g/mol. The van der Waals surface area contributed by atoms with Crippen LogP contribution in [0.2, 0.25) is 0 Å². The summed E-state index contributed by atoms with van der Waals surface area (Å²) in [4.78, 5) is 17.5. The first-order valence-electron chi connectivity index (χ1n) is 8.22. The van der Waals surface area contributed by atoms with Gasteiger partial charge in [0.15, 0.2) is 5.13 Å². The zero-order valence-corrected chi connectivity index (χ0v) is 14.7. The number of amides is 1. The number of furan rings is 1. The molecule has 2 heterocycles. The molecule has 4 nitrogen and oxygen atoms in total. The van der Waals surface area contributed by atoms with Crippen LogP contribution in [-0.2, 0) is 11.2 Å². The fourth-order valence-electron chi connectivity index (χ4n) is 2.63. The number of carbonyl (C=O) groups excluding carboxylic acids is 1. The quantitative estimate of drug-likeness (QED) is 0.502. The van der Waals surface area contributed by atoms with Crippen molar-refractivity contribution in [2.24, 2.45) is 0 Å². The van der Waals surface area contributed by atoms with E-state index in [4.69, 9.17) is 4.42 Å². The van der Waals surface area contributed by atoms with Crippen molar-refractivity contribution in [1.29, 1.82) is 0 Å². The fourth-order valence-corrected chi connectivity index (χ4v) is 3.48. The van der Waals surface area contributed by atoms with Crippen molar-refractivity contribution in [3.8, 4) is 0 Å². The van der Waals surface area contributed by atoms with Crippen molar-refractivity contribution < 1.29 is 9.21 Å². The Kier molecular flexibility index (Phi) is 4.62. The summed E-state index contributed by atoms with van der Waals surface area (Å²) < 4.78 is 5.66. The number of nitrogens with zero attached hydrogens (tertiary/aromatic N) is 1. The zero-order valence-electron chi connectivity index (χ0n) is 13.9. The summed E-state index contributed by atoms with van der Waals surface area (Å²) in [7, 11) is 0. The standard InChI is InChI=1S/C21H16N2O2S/c24-20(11-10-17-13-16-8-4-5-9-19(16)25-17)23-21-22-14-18(26-21)12-15-6-2-1-3-7-15/h1-11,13-14H,12H2,(H,22,23,24)/b11-10+. The van der Waals surface area contributed by atoms with Crippen LogP contribution in [-0.4, -0.2) is 10.9 Å². The van der Waals surface area contributed by atoms with E-state index in [-0.39, 0.29) is 5.91 Å². The molecule has 1 N–H and O–H groups in total. The van der Waals surface area contributed by atoms with Crippen LogP contribution in [0.15, 0.2) is 77.4 Å². The molecule has 0 saturated carbocycles. The number of aromatic nitrogens is 1. The zero-order chi connectivity index (χ0) is 17.8. The summed E-state index contributed by atoms with van der Waals surface area (Å²) in [5.74, 6) is 0.413. The summed E-state index contributed by atoms with van der Waals surface area (Å²) in [6.45, 7) is 0. The van der Waals surface area contributed by atoms with E-state index in [0.29, 0.717) is 10.9 Å². The first-order chi connectivity index (χ1) is 12.8. The monoisotopic (exact) mass is 360 g/mol. The minimum absolute atomic E-state index is 0.230. The van der Waals surface area contributed by atoms with Gasteiger partial charge in [-0.1, -0.05) is 48.5 Å². The summed E-state index contributed by atoms with van der Waals surface area (Å²) in [5, 5.41) is 4.40. The summed E-state index contributed by atoms with van der Waals surface area (Å²) in [6.07, 6.45) is 5.73. The molecule has 0 saturated heterocycles. The molecule has 0 spiro atoms. The molecule has 0 aliphatic rings. The number of benzene rings is 2. The fraction of sp³-hybridized carbons (Fsp3) is 0.0476. The maximum atomic E-state index is 12.1. The maximum Gasteiger partial charge on any atom is 0.250 e. The molecular formula is C21H16N2O2S. The molecule has 4 rings (SSSR count). The third kappa shape index (κ3) is 3.90. The van der Waals surface area contributed by atoms with Gasteiger partial charge >= 0.3 is 0 Å². The van der Waals surface area contributed by atoms with Crippen molar-refractivity contribution in [2.75, 3.05) is 5.32 Å². The highest BCUT2D eigenvalue weighted by molar-refractivity contribution is 7.15. The lowest BCUT2D eigenvalue weighted by atomic mass is 10.1. The lowest BCUT2D eigenvalue weighted by molar-refractivity contribution is -0.111. The summed E-state index contributed by atoms with van der Waals surface area (Å²) in [5.41, 5.74) is 2.02. The number of fused-ring (bicyclic) bond motifs is 1. The largest absolute Gasteiger partial charge is 0.457 e. The van der Waals surface area contributed by atoms with E-state index in [1.165, 1.54) is 23.0 Å². The van der Waals surface area contributed by atoms with Gasteiger partial charge in [0.1, 0.15) is 11.3 Å². The first-order valence-corrected chi connectivity index (χ1v) is 9.04. The maximum absolute atomic E-state index is 12.1. The summed E-state index contributed by atoms with van der Waals surface area (Å²) in [6, 6.07) is 19.8. The third-order valence-corrected chi connectivity index (χ3v) is 4.76. The molecule has 0 bridgehead atoms. The number of carbonyl (C=O) groups is 1. The van der Waals surface area contributed by atoms with Gasteiger partial charge in [0.25, 0.3) is 0 Å². The molecule has 26 heavy (non-hydrogen) atoms. The van der Waals surface area contributed by atoms with E-state index in [0.717, 1.165) is 22.3 Å². The third-order valence-electron chi connectivity index (χ3n) is 3.85. The molecule has 0 radical (unpaired) electrons. The van der Waals surface area contributed by atoms with Crippen LogP contribution in [0.4, 0.5) is 5.13 Å². The SMILES string of the molecule is O=C(/C=C/c1cc2ccccc2o1)Nc1ncc(Cc2ccccc2)s1. The Morgan fingerprint density at radius 3 is 2.77 bits per heavy atom. The average Bonchev–Trinajstić information content (AvgIpc) is 3.27. The second kappa shape index (κ2) is 7.37. The lowest BCUT2D eigenvalue weighted by Crippen LogP contribution is -2.06. The van der Waals surface area contributed by atoms with E-state index < -0.39 is 0 Å². The molecule has 2 aromatic carbocycles. The summed E-state index contributed by atoms with van der Waals surface area (Å²) >= 11 is 1.48. The Morgan fingerprint density at radius 2 is 1.92 bits per heavy atom. The number of para-hydroxylation sites is 1. The molecular weight excluding hydrogens is 344 g/mol. The van der Waals surface area contributed by atoms with Gasteiger partial charge in [0, 0.05) is 29.0 Å². The minimum atomic E-state index is -0.230. The molecule has 128 valence electrons. The van der Waals surface area contributed by atoms with E-state index in [1.807, 2.05) is 48.5 Å². The van der Waals surface area contributed by atoms with Crippen LogP contribution >= 0.6 is 11.3 Å². The first kappa shape index (κ1) is 16.3. The predicted octanol–water partition coefficient (Wildman–Crippen LogP) is 5.13. The Balaban J connectivity index is 1.38. The molecule has 2 aromatic heterocycles. The highest BCUT2D eigenvalue weighted by Gasteiger charge is 2.06. The van der Waals surface area contributed by atoms with Crippen LogP contribution in [0.3, 0.4) is 0 Å². The van der Waals surface area contributed by atoms with Crippen molar-refractivity contribution >= 4 is 39.4 Å². The molecule has 0 atom stereocenters. The van der Waals surface area contributed by atoms with Crippen molar-refractivity contribution in [1.82, 2.24) is 4.98 Å². The number of hydrogen-bond acceptors (Lipinski definition) is 4. The molecule has 4 aromatic rings. The second-order valence-corrected chi connectivity index (χ2v) is 6.92. The van der Waals surface area contributed by atoms with Gasteiger partial charge in [-0.2, -0.15) is 0 Å². The molecule has 0 aliphatic heterocycles. The highest BCUT2D eigenvalue weighted by Crippen LogP contribution is 2.22. The van der Waals surface area contributed by atoms with E-state index in [9.17, 15) is 4.79 Å². The van der Waals surface area contributed by atoms with Gasteiger partial charge < -0.3 is 4.42 Å². The van der Waals surface area contributed by atoms with E-state index in [2.05, 4.69) is 22.4 Å². The Labute approximate surface area is 154 Å². The van der Waals surface area contributed by atoms with Crippen LogP contribution in [0.1, 0.15) is 16.2 Å². The number of nitrogens with one attached hydrogen (secondary N) is 1. The van der Waals surface area contributed by atoms with Crippen LogP contribution in [0, 0.1) is 0 Å². The highest BCUT2D eigenvalue weighted by atomic mass is 32.1. The van der Waals surface area contributed by atoms with Crippen molar-refractivity contribution in [3.63, 3.8) is 0 Å². The number of rotatable bonds is 5. The van der Waals surface area contributed by atoms with Crippen molar-refractivity contribution in [3.05, 3.63) is 89.1 Å². The molecule has 5 heteroatoms.